The van der Waals surface area contributed by atoms with Gasteiger partial charge in [-0.15, -0.1) is 0 Å². The van der Waals surface area contributed by atoms with E-state index in [-0.39, 0.29) is 12.5 Å². The molecule has 0 heterocycles. The SMILES string of the molecule is COCCOc1cccc(CNC(=O)COCCOc2ccccc2)c1. The third kappa shape index (κ3) is 8.00. The fraction of sp³-hybridized carbons (Fsp3) is 0.350. The number of hydrogen-bond donors (Lipinski definition) is 1. The molecule has 0 radical (unpaired) electrons. The highest BCUT2D eigenvalue weighted by Gasteiger charge is 2.03. The number of carbonyl (C=O) groups is 1. The van der Waals surface area contributed by atoms with Crippen LogP contribution in [0.3, 0.4) is 0 Å². The normalized spacial score (nSPS) is 10.3. The third-order valence-electron chi connectivity index (χ3n) is 3.42. The molecule has 0 bridgehead atoms. The van der Waals surface area contributed by atoms with Gasteiger partial charge in [0.2, 0.25) is 5.91 Å². The minimum absolute atomic E-state index is 0.00216. The second-order valence-corrected chi connectivity index (χ2v) is 5.48. The van der Waals surface area contributed by atoms with Gasteiger partial charge in [0.15, 0.2) is 0 Å². The van der Waals surface area contributed by atoms with Gasteiger partial charge in [0, 0.05) is 13.7 Å². The zero-order valence-corrected chi connectivity index (χ0v) is 15.0. The molecule has 0 aliphatic carbocycles. The van der Waals surface area contributed by atoms with E-state index in [1.807, 2.05) is 54.6 Å². The van der Waals surface area contributed by atoms with Crippen LogP contribution in [-0.2, 0) is 20.8 Å². The topological polar surface area (TPSA) is 66.0 Å². The zero-order chi connectivity index (χ0) is 18.5. The molecule has 2 aromatic carbocycles. The van der Waals surface area contributed by atoms with Gasteiger partial charge in [-0.2, -0.15) is 0 Å². The van der Waals surface area contributed by atoms with E-state index in [1.54, 1.807) is 7.11 Å². The molecule has 0 unspecified atom stereocenters. The minimum atomic E-state index is -0.171. The molecule has 0 saturated heterocycles. The van der Waals surface area contributed by atoms with Crippen molar-refractivity contribution in [2.24, 2.45) is 0 Å². The smallest absolute Gasteiger partial charge is 0.246 e. The highest BCUT2D eigenvalue weighted by Crippen LogP contribution is 2.13. The van der Waals surface area contributed by atoms with Crippen molar-refractivity contribution in [3.8, 4) is 11.5 Å². The summed E-state index contributed by atoms with van der Waals surface area (Å²) in [6.45, 7) is 2.20. The summed E-state index contributed by atoms with van der Waals surface area (Å²) in [5.74, 6) is 1.37. The second kappa shape index (κ2) is 11.9. The average molecular weight is 359 g/mol. The molecule has 0 aromatic heterocycles. The maximum atomic E-state index is 11.8. The Morgan fingerprint density at radius 2 is 1.62 bits per heavy atom. The molecule has 0 aliphatic rings. The van der Waals surface area contributed by atoms with E-state index < -0.39 is 0 Å². The predicted octanol–water partition coefficient (Wildman–Crippen LogP) is 2.42. The summed E-state index contributed by atoms with van der Waals surface area (Å²) in [5.41, 5.74) is 0.959. The molecule has 0 aliphatic heterocycles. The Kier molecular flexibility index (Phi) is 9.03. The zero-order valence-electron chi connectivity index (χ0n) is 15.0. The van der Waals surface area contributed by atoms with Gasteiger partial charge in [0.1, 0.15) is 31.3 Å². The van der Waals surface area contributed by atoms with Gasteiger partial charge in [-0.05, 0) is 29.8 Å². The van der Waals surface area contributed by atoms with E-state index in [4.69, 9.17) is 18.9 Å². The highest BCUT2D eigenvalue weighted by atomic mass is 16.5. The number of benzene rings is 2. The van der Waals surface area contributed by atoms with Gasteiger partial charge in [0.05, 0.1) is 13.2 Å². The van der Waals surface area contributed by atoms with Gasteiger partial charge < -0.3 is 24.3 Å². The predicted molar refractivity (Wildman–Crippen MR) is 98.4 cm³/mol. The van der Waals surface area contributed by atoms with Crippen LogP contribution in [0.2, 0.25) is 0 Å². The van der Waals surface area contributed by atoms with Crippen molar-refractivity contribution in [2.45, 2.75) is 6.54 Å². The number of hydrogen-bond acceptors (Lipinski definition) is 5. The molecule has 140 valence electrons. The summed E-state index contributed by atoms with van der Waals surface area (Å²) in [6, 6.07) is 17.1. The molecule has 0 spiro atoms. The first-order valence-corrected chi connectivity index (χ1v) is 8.51. The summed E-state index contributed by atoms with van der Waals surface area (Å²) in [4.78, 5) is 11.8. The number of nitrogens with one attached hydrogen (secondary N) is 1. The van der Waals surface area contributed by atoms with Crippen molar-refractivity contribution in [1.29, 1.82) is 0 Å². The van der Waals surface area contributed by atoms with Crippen LogP contribution >= 0.6 is 0 Å². The Morgan fingerprint density at radius 1 is 0.885 bits per heavy atom. The summed E-state index contributed by atoms with van der Waals surface area (Å²) >= 11 is 0. The molecule has 0 atom stereocenters. The minimum Gasteiger partial charge on any atom is -0.491 e. The average Bonchev–Trinajstić information content (AvgIpc) is 2.67. The van der Waals surface area contributed by atoms with Crippen molar-refractivity contribution >= 4 is 5.91 Å². The monoisotopic (exact) mass is 359 g/mol. The Balaban J connectivity index is 1.59. The number of rotatable bonds is 12. The second-order valence-electron chi connectivity index (χ2n) is 5.48. The molecule has 26 heavy (non-hydrogen) atoms. The van der Waals surface area contributed by atoms with Gasteiger partial charge in [-0.3, -0.25) is 4.79 Å². The van der Waals surface area contributed by atoms with E-state index in [0.717, 1.165) is 17.1 Å². The molecule has 1 N–H and O–H groups in total. The molecule has 0 saturated carbocycles. The quantitative estimate of drug-likeness (QED) is 0.590. The van der Waals surface area contributed by atoms with Gasteiger partial charge in [0.25, 0.3) is 0 Å². The van der Waals surface area contributed by atoms with Crippen LogP contribution in [0, 0.1) is 0 Å². The maximum absolute atomic E-state index is 11.8. The van der Waals surface area contributed by atoms with Crippen LogP contribution in [0.15, 0.2) is 54.6 Å². The van der Waals surface area contributed by atoms with Gasteiger partial charge in [-0.25, -0.2) is 0 Å². The van der Waals surface area contributed by atoms with E-state index >= 15 is 0 Å². The molecule has 0 fully saturated rings. The summed E-state index contributed by atoms with van der Waals surface area (Å²) in [6.07, 6.45) is 0. The van der Waals surface area contributed by atoms with Crippen LogP contribution in [0.1, 0.15) is 5.56 Å². The Hall–Kier alpha value is -2.57. The van der Waals surface area contributed by atoms with E-state index in [2.05, 4.69) is 5.32 Å². The molecular weight excluding hydrogens is 334 g/mol. The van der Waals surface area contributed by atoms with E-state index in [1.165, 1.54) is 0 Å². The summed E-state index contributed by atoms with van der Waals surface area (Å²) in [7, 11) is 1.63. The van der Waals surface area contributed by atoms with Crippen LogP contribution in [0.4, 0.5) is 0 Å². The third-order valence-corrected chi connectivity index (χ3v) is 3.42. The molecule has 2 aromatic rings. The van der Waals surface area contributed by atoms with Crippen LogP contribution < -0.4 is 14.8 Å². The summed E-state index contributed by atoms with van der Waals surface area (Å²) in [5, 5.41) is 2.82. The lowest BCUT2D eigenvalue weighted by molar-refractivity contribution is -0.126. The lowest BCUT2D eigenvalue weighted by atomic mass is 10.2. The number of para-hydroxylation sites is 1. The Bertz CT molecular complexity index is 648. The molecule has 6 heteroatoms. The van der Waals surface area contributed by atoms with Gasteiger partial charge in [-0.1, -0.05) is 30.3 Å². The maximum Gasteiger partial charge on any atom is 0.246 e. The van der Waals surface area contributed by atoms with Crippen LogP contribution in [-0.4, -0.2) is 46.1 Å². The van der Waals surface area contributed by atoms with Gasteiger partial charge >= 0.3 is 0 Å². The first-order valence-electron chi connectivity index (χ1n) is 8.51. The fourth-order valence-corrected chi connectivity index (χ4v) is 2.14. The Morgan fingerprint density at radius 3 is 2.42 bits per heavy atom. The number of amides is 1. The molecule has 6 nitrogen and oxygen atoms in total. The summed E-state index contributed by atoms with van der Waals surface area (Å²) < 4.78 is 21.3. The van der Waals surface area contributed by atoms with Crippen molar-refractivity contribution in [1.82, 2.24) is 5.32 Å². The van der Waals surface area contributed by atoms with Crippen molar-refractivity contribution in [3.63, 3.8) is 0 Å². The molecule has 1 amide bonds. The Labute approximate surface area is 154 Å². The van der Waals surface area contributed by atoms with Crippen molar-refractivity contribution in [2.75, 3.05) is 40.1 Å². The van der Waals surface area contributed by atoms with Crippen molar-refractivity contribution < 1.29 is 23.7 Å². The van der Waals surface area contributed by atoms with E-state index in [9.17, 15) is 4.79 Å². The number of ether oxygens (including phenoxy) is 4. The standard InChI is InChI=1S/C20H25NO5/c1-23-10-12-26-19-9-5-6-17(14-19)15-21-20(22)16-24-11-13-25-18-7-3-2-4-8-18/h2-9,14H,10-13,15-16H2,1H3,(H,21,22). The number of carbonyl (C=O) groups excluding carboxylic acids is 1. The lowest BCUT2D eigenvalue weighted by Crippen LogP contribution is -2.27. The fourth-order valence-electron chi connectivity index (χ4n) is 2.14. The van der Waals surface area contributed by atoms with E-state index in [0.29, 0.717) is 33.0 Å². The lowest BCUT2D eigenvalue weighted by Gasteiger charge is -2.09. The number of methoxy groups -OCH3 is 1. The molecule has 2 rings (SSSR count). The first kappa shape index (κ1) is 19.8. The van der Waals surface area contributed by atoms with Crippen molar-refractivity contribution in [3.05, 3.63) is 60.2 Å². The molecular formula is C20H25NO5. The van der Waals surface area contributed by atoms with Crippen LogP contribution in [0.25, 0.3) is 0 Å². The largest absolute Gasteiger partial charge is 0.491 e. The highest BCUT2D eigenvalue weighted by molar-refractivity contribution is 5.77. The van der Waals surface area contributed by atoms with Crippen LogP contribution in [0.5, 0.6) is 11.5 Å². The first-order chi connectivity index (χ1) is 12.8.